The lowest BCUT2D eigenvalue weighted by atomic mass is 9.98. The van der Waals surface area contributed by atoms with E-state index < -0.39 is 30.2 Å². The molecule has 0 radical (unpaired) electrons. The summed E-state index contributed by atoms with van der Waals surface area (Å²) in [6.45, 7) is 1.20. The summed E-state index contributed by atoms with van der Waals surface area (Å²) in [5, 5.41) is 2.12. The first-order valence-electron chi connectivity index (χ1n) is 7.94. The first kappa shape index (κ1) is 19.5. The number of alkyl halides is 3. The number of hydrogen-bond donors (Lipinski definition) is 1. The van der Waals surface area contributed by atoms with Crippen LogP contribution in [-0.4, -0.2) is 18.5 Å². The van der Waals surface area contributed by atoms with E-state index in [1.54, 1.807) is 0 Å². The van der Waals surface area contributed by atoms with Gasteiger partial charge >= 0.3 is 12.1 Å². The third kappa shape index (κ3) is 5.61. The Morgan fingerprint density at radius 2 is 1.65 bits per heavy atom. The molecule has 2 aromatic rings. The van der Waals surface area contributed by atoms with Gasteiger partial charge in [0.25, 0.3) is 5.91 Å². The summed E-state index contributed by atoms with van der Waals surface area (Å²) in [6, 6.07) is 13.9. The summed E-state index contributed by atoms with van der Waals surface area (Å²) in [7, 11) is 0. The quantitative estimate of drug-likeness (QED) is 0.773. The first-order chi connectivity index (χ1) is 12.3. The Labute approximate surface area is 149 Å². The number of esters is 1. The van der Waals surface area contributed by atoms with Crippen molar-refractivity contribution in [3.05, 3.63) is 65.7 Å². The normalized spacial score (nSPS) is 12.3. The fourth-order valence-corrected chi connectivity index (χ4v) is 2.38. The number of ether oxygens (including phenoxy) is 1. The fraction of sp³-hybridized carbons (Fsp3) is 0.263. The van der Waals surface area contributed by atoms with Crippen LogP contribution in [0.2, 0.25) is 0 Å². The molecular formula is C19H18F3NO3. The van der Waals surface area contributed by atoms with Gasteiger partial charge in [-0.1, -0.05) is 49.4 Å². The van der Waals surface area contributed by atoms with Gasteiger partial charge in [0.05, 0.1) is 17.7 Å². The maximum atomic E-state index is 12.9. The summed E-state index contributed by atoms with van der Waals surface area (Å²) < 4.78 is 43.5. The summed E-state index contributed by atoms with van der Waals surface area (Å²) in [6.07, 6.45) is -4.53. The highest BCUT2D eigenvalue weighted by molar-refractivity contribution is 5.93. The second kappa shape index (κ2) is 8.51. The lowest BCUT2D eigenvalue weighted by Crippen LogP contribution is -2.23. The van der Waals surface area contributed by atoms with Crippen molar-refractivity contribution in [2.24, 2.45) is 0 Å². The predicted octanol–water partition coefficient (Wildman–Crippen LogP) is 4.38. The van der Waals surface area contributed by atoms with Gasteiger partial charge in [0.1, 0.15) is 0 Å². The van der Waals surface area contributed by atoms with E-state index in [1.807, 2.05) is 37.3 Å². The van der Waals surface area contributed by atoms with Gasteiger partial charge in [-0.15, -0.1) is 0 Å². The highest BCUT2D eigenvalue weighted by atomic mass is 19.4. The molecule has 1 atom stereocenters. The highest BCUT2D eigenvalue weighted by Crippen LogP contribution is 2.34. The number of para-hydroxylation sites is 1. The molecule has 26 heavy (non-hydrogen) atoms. The molecule has 2 rings (SSSR count). The predicted molar refractivity (Wildman–Crippen MR) is 90.5 cm³/mol. The summed E-state index contributed by atoms with van der Waals surface area (Å²) in [4.78, 5) is 23.6. The van der Waals surface area contributed by atoms with E-state index >= 15 is 0 Å². The van der Waals surface area contributed by atoms with E-state index in [-0.39, 0.29) is 18.0 Å². The molecule has 138 valence electrons. The lowest BCUT2D eigenvalue weighted by Gasteiger charge is -2.14. The molecule has 1 N–H and O–H groups in total. The van der Waals surface area contributed by atoms with E-state index in [0.29, 0.717) is 0 Å². The van der Waals surface area contributed by atoms with Gasteiger partial charge in [-0.3, -0.25) is 9.59 Å². The van der Waals surface area contributed by atoms with E-state index in [9.17, 15) is 22.8 Å². The minimum Gasteiger partial charge on any atom is -0.456 e. The highest BCUT2D eigenvalue weighted by Gasteiger charge is 2.33. The molecule has 0 aliphatic carbocycles. The van der Waals surface area contributed by atoms with Crippen LogP contribution < -0.4 is 5.32 Å². The van der Waals surface area contributed by atoms with Crippen LogP contribution in [0.5, 0.6) is 0 Å². The van der Waals surface area contributed by atoms with Crippen LogP contribution in [0.15, 0.2) is 54.6 Å². The van der Waals surface area contributed by atoms with E-state index in [4.69, 9.17) is 4.74 Å². The average molecular weight is 365 g/mol. The molecule has 0 aliphatic heterocycles. The van der Waals surface area contributed by atoms with Gasteiger partial charge in [0, 0.05) is 0 Å². The second-order valence-corrected chi connectivity index (χ2v) is 5.77. The molecule has 0 heterocycles. The van der Waals surface area contributed by atoms with E-state index in [2.05, 4.69) is 5.32 Å². The van der Waals surface area contributed by atoms with Crippen molar-refractivity contribution >= 4 is 17.6 Å². The number of carbonyl (C=O) groups is 2. The van der Waals surface area contributed by atoms with Crippen molar-refractivity contribution in [1.29, 1.82) is 0 Å². The van der Waals surface area contributed by atoms with Crippen LogP contribution in [0.3, 0.4) is 0 Å². The molecule has 0 saturated heterocycles. The molecule has 0 aliphatic rings. The van der Waals surface area contributed by atoms with Gasteiger partial charge in [-0.05, 0) is 23.6 Å². The molecule has 0 spiro atoms. The Morgan fingerprint density at radius 1 is 1.04 bits per heavy atom. The van der Waals surface area contributed by atoms with Crippen molar-refractivity contribution in [3.63, 3.8) is 0 Å². The summed E-state index contributed by atoms with van der Waals surface area (Å²) >= 11 is 0. The third-order valence-electron chi connectivity index (χ3n) is 3.71. The van der Waals surface area contributed by atoms with Crippen LogP contribution in [0.25, 0.3) is 0 Å². The minimum atomic E-state index is -4.59. The number of nitrogens with one attached hydrogen (secondary N) is 1. The number of halogens is 3. The standard InChI is InChI=1S/C19H18F3NO3/c1-13(14-7-3-2-4-8-14)11-18(25)26-12-17(24)23-16-10-6-5-9-15(16)19(20,21)22/h2-10,13H,11-12H2,1H3,(H,23,24). The molecule has 0 saturated carbocycles. The summed E-state index contributed by atoms with van der Waals surface area (Å²) in [5.41, 5.74) is -0.385. The zero-order chi connectivity index (χ0) is 19.2. The van der Waals surface area contributed by atoms with Crippen LogP contribution in [0.4, 0.5) is 18.9 Å². The number of amides is 1. The average Bonchev–Trinajstić information content (AvgIpc) is 2.60. The van der Waals surface area contributed by atoms with Crippen LogP contribution >= 0.6 is 0 Å². The second-order valence-electron chi connectivity index (χ2n) is 5.77. The Balaban J connectivity index is 1.87. The van der Waals surface area contributed by atoms with Crippen molar-refractivity contribution in [2.75, 3.05) is 11.9 Å². The third-order valence-corrected chi connectivity index (χ3v) is 3.71. The molecule has 0 fully saturated rings. The SMILES string of the molecule is CC(CC(=O)OCC(=O)Nc1ccccc1C(F)(F)F)c1ccccc1. The van der Waals surface area contributed by atoms with Crippen LogP contribution in [-0.2, 0) is 20.5 Å². The zero-order valence-corrected chi connectivity index (χ0v) is 14.0. The van der Waals surface area contributed by atoms with E-state index in [0.717, 1.165) is 17.7 Å². The maximum absolute atomic E-state index is 12.9. The molecule has 0 bridgehead atoms. The maximum Gasteiger partial charge on any atom is 0.418 e. The van der Waals surface area contributed by atoms with Gasteiger partial charge in [0.2, 0.25) is 0 Å². The Morgan fingerprint density at radius 3 is 2.31 bits per heavy atom. The van der Waals surface area contributed by atoms with Crippen molar-refractivity contribution in [2.45, 2.75) is 25.4 Å². The Kier molecular flexibility index (Phi) is 6.38. The van der Waals surface area contributed by atoms with Gasteiger partial charge in [-0.2, -0.15) is 13.2 Å². The number of benzene rings is 2. The molecular weight excluding hydrogens is 347 g/mol. The van der Waals surface area contributed by atoms with Crippen LogP contribution in [0.1, 0.15) is 30.4 Å². The monoisotopic (exact) mass is 365 g/mol. The number of rotatable bonds is 6. The smallest absolute Gasteiger partial charge is 0.418 e. The van der Waals surface area contributed by atoms with Gasteiger partial charge in [-0.25, -0.2) is 0 Å². The van der Waals surface area contributed by atoms with Gasteiger partial charge < -0.3 is 10.1 Å². The molecule has 2 aromatic carbocycles. The Hall–Kier alpha value is -2.83. The Bertz CT molecular complexity index is 760. The molecule has 7 heteroatoms. The molecule has 1 amide bonds. The first-order valence-corrected chi connectivity index (χ1v) is 7.94. The van der Waals surface area contributed by atoms with Gasteiger partial charge in [0.15, 0.2) is 6.61 Å². The van der Waals surface area contributed by atoms with Crippen molar-refractivity contribution in [1.82, 2.24) is 0 Å². The number of carbonyl (C=O) groups excluding carboxylic acids is 2. The van der Waals surface area contributed by atoms with Crippen molar-refractivity contribution in [3.8, 4) is 0 Å². The van der Waals surface area contributed by atoms with Crippen molar-refractivity contribution < 1.29 is 27.5 Å². The molecule has 4 nitrogen and oxygen atoms in total. The molecule has 1 unspecified atom stereocenters. The topological polar surface area (TPSA) is 55.4 Å². The number of anilines is 1. The molecule has 0 aromatic heterocycles. The largest absolute Gasteiger partial charge is 0.456 e. The van der Waals surface area contributed by atoms with E-state index in [1.165, 1.54) is 12.1 Å². The van der Waals surface area contributed by atoms with Crippen LogP contribution in [0, 0.1) is 0 Å². The summed E-state index contributed by atoms with van der Waals surface area (Å²) in [5.74, 6) is -1.53. The lowest BCUT2D eigenvalue weighted by molar-refractivity contribution is -0.147. The number of hydrogen-bond acceptors (Lipinski definition) is 3. The fourth-order valence-electron chi connectivity index (χ4n) is 2.38. The zero-order valence-electron chi connectivity index (χ0n) is 14.0. The minimum absolute atomic E-state index is 0.0659.